The molecule has 1 aliphatic heterocycles. The molecule has 0 bridgehead atoms. The molecule has 1 atom stereocenters. The minimum atomic E-state index is -0.464. The molecule has 22 heavy (non-hydrogen) atoms. The second kappa shape index (κ2) is 12.0. The second-order valence-electron chi connectivity index (χ2n) is 5.04. The number of benzene rings is 1. The van der Waals surface area contributed by atoms with E-state index in [0.717, 1.165) is 25.2 Å². The second-order valence-corrected chi connectivity index (χ2v) is 6.27. The molecule has 7 heteroatoms. The molecule has 1 amide bonds. The van der Waals surface area contributed by atoms with E-state index < -0.39 is 6.04 Å². The van der Waals surface area contributed by atoms with Crippen molar-refractivity contribution in [1.82, 2.24) is 10.2 Å². The van der Waals surface area contributed by atoms with Crippen molar-refractivity contribution in [3.8, 4) is 0 Å². The molecule has 1 fully saturated rings. The van der Waals surface area contributed by atoms with Crippen LogP contribution in [0.15, 0.2) is 30.3 Å². The van der Waals surface area contributed by atoms with Crippen molar-refractivity contribution in [2.45, 2.75) is 12.5 Å². The largest absolute Gasteiger partial charge is 0.353 e. The topological polar surface area (TPSA) is 58.4 Å². The molecule has 1 aliphatic rings. The average Bonchev–Trinajstić information content (AvgIpc) is 2.49. The smallest absolute Gasteiger partial charge is 0.237 e. The summed E-state index contributed by atoms with van der Waals surface area (Å²) in [5.74, 6) is 2.34. The van der Waals surface area contributed by atoms with Crippen molar-refractivity contribution in [2.75, 3.05) is 37.7 Å². The van der Waals surface area contributed by atoms with E-state index in [1.165, 1.54) is 11.5 Å². The molecular formula is C15H25Cl2N3OS. The van der Waals surface area contributed by atoms with Gasteiger partial charge in [-0.2, -0.15) is 11.8 Å². The molecule has 4 nitrogen and oxygen atoms in total. The van der Waals surface area contributed by atoms with Gasteiger partial charge in [0, 0.05) is 37.7 Å². The Morgan fingerprint density at radius 2 is 1.86 bits per heavy atom. The summed E-state index contributed by atoms with van der Waals surface area (Å²) in [6, 6.07) is 9.43. The average molecular weight is 366 g/mol. The highest BCUT2D eigenvalue weighted by atomic mass is 35.5. The zero-order valence-corrected chi connectivity index (χ0v) is 15.0. The highest BCUT2D eigenvalue weighted by Gasteiger charge is 2.14. The Morgan fingerprint density at radius 3 is 2.50 bits per heavy atom. The SMILES string of the molecule is Cl.Cl.NC(Cc1ccccc1)C(=O)NCCN1CCSCC1. The summed E-state index contributed by atoms with van der Waals surface area (Å²) in [7, 11) is 0. The van der Waals surface area contributed by atoms with Crippen LogP contribution in [0.4, 0.5) is 0 Å². The van der Waals surface area contributed by atoms with E-state index in [2.05, 4.69) is 10.2 Å². The van der Waals surface area contributed by atoms with Crippen molar-refractivity contribution in [3.05, 3.63) is 35.9 Å². The Labute approximate surface area is 149 Å². The lowest BCUT2D eigenvalue weighted by Crippen LogP contribution is -2.45. The van der Waals surface area contributed by atoms with Gasteiger partial charge < -0.3 is 11.1 Å². The fourth-order valence-corrected chi connectivity index (χ4v) is 3.23. The van der Waals surface area contributed by atoms with Crippen LogP contribution in [0.5, 0.6) is 0 Å². The van der Waals surface area contributed by atoms with E-state index in [4.69, 9.17) is 5.73 Å². The Bertz CT molecular complexity index is 417. The number of nitrogens with one attached hydrogen (secondary N) is 1. The fourth-order valence-electron chi connectivity index (χ4n) is 2.25. The number of thioether (sulfide) groups is 1. The lowest BCUT2D eigenvalue weighted by molar-refractivity contribution is -0.122. The van der Waals surface area contributed by atoms with Crippen molar-refractivity contribution in [3.63, 3.8) is 0 Å². The minimum absolute atomic E-state index is 0. The standard InChI is InChI=1S/C15H23N3OS.2ClH/c16-14(12-13-4-2-1-3-5-13)15(19)17-6-7-18-8-10-20-11-9-18;;/h1-5,14H,6-12,16H2,(H,17,19);2*1H. The first-order valence-corrected chi connectivity index (χ1v) is 8.28. The van der Waals surface area contributed by atoms with E-state index in [0.29, 0.717) is 13.0 Å². The van der Waals surface area contributed by atoms with Gasteiger partial charge in [-0.3, -0.25) is 9.69 Å². The predicted octanol–water partition coefficient (Wildman–Crippen LogP) is 1.56. The molecule has 1 saturated heterocycles. The molecule has 0 aromatic heterocycles. The summed E-state index contributed by atoms with van der Waals surface area (Å²) in [6.07, 6.45) is 0.590. The molecule has 1 heterocycles. The third-order valence-electron chi connectivity index (χ3n) is 3.47. The van der Waals surface area contributed by atoms with Crippen molar-refractivity contribution >= 4 is 42.5 Å². The normalized spacial score (nSPS) is 16.0. The van der Waals surface area contributed by atoms with E-state index >= 15 is 0 Å². The summed E-state index contributed by atoms with van der Waals surface area (Å²) in [5, 5.41) is 2.94. The van der Waals surface area contributed by atoms with Crippen LogP contribution in [-0.4, -0.2) is 54.5 Å². The van der Waals surface area contributed by atoms with Gasteiger partial charge in [-0.05, 0) is 12.0 Å². The van der Waals surface area contributed by atoms with Crippen LogP contribution < -0.4 is 11.1 Å². The molecule has 1 unspecified atom stereocenters. The quantitative estimate of drug-likeness (QED) is 0.803. The molecule has 1 aromatic rings. The predicted molar refractivity (Wildman–Crippen MR) is 99.4 cm³/mol. The highest BCUT2D eigenvalue weighted by molar-refractivity contribution is 7.99. The maximum Gasteiger partial charge on any atom is 0.237 e. The van der Waals surface area contributed by atoms with Gasteiger partial charge in [0.05, 0.1) is 6.04 Å². The Hall–Kier alpha value is -0.460. The van der Waals surface area contributed by atoms with Crippen LogP contribution in [0, 0.1) is 0 Å². The van der Waals surface area contributed by atoms with Gasteiger partial charge in [-0.15, -0.1) is 24.8 Å². The highest BCUT2D eigenvalue weighted by Crippen LogP contribution is 2.08. The van der Waals surface area contributed by atoms with E-state index in [1.54, 1.807) is 0 Å². The number of carbonyl (C=O) groups excluding carboxylic acids is 1. The zero-order valence-electron chi connectivity index (χ0n) is 12.6. The van der Waals surface area contributed by atoms with Crippen molar-refractivity contribution < 1.29 is 4.79 Å². The number of rotatable bonds is 6. The van der Waals surface area contributed by atoms with Crippen molar-refractivity contribution in [2.24, 2.45) is 5.73 Å². The number of halogens is 2. The molecule has 1 aromatic carbocycles. The maximum absolute atomic E-state index is 11.9. The molecule has 2 rings (SSSR count). The summed E-state index contributed by atoms with van der Waals surface area (Å²) >= 11 is 2.00. The minimum Gasteiger partial charge on any atom is -0.353 e. The van der Waals surface area contributed by atoms with Crippen LogP contribution >= 0.6 is 36.6 Å². The summed E-state index contributed by atoms with van der Waals surface area (Å²) in [6.45, 7) is 3.85. The number of nitrogens with two attached hydrogens (primary N) is 1. The van der Waals surface area contributed by atoms with Gasteiger partial charge in [0.2, 0.25) is 5.91 Å². The molecule has 0 saturated carbocycles. The summed E-state index contributed by atoms with van der Waals surface area (Å²) < 4.78 is 0. The molecular weight excluding hydrogens is 341 g/mol. The van der Waals surface area contributed by atoms with Crippen LogP contribution in [0.3, 0.4) is 0 Å². The van der Waals surface area contributed by atoms with Crippen LogP contribution in [0.2, 0.25) is 0 Å². The van der Waals surface area contributed by atoms with Gasteiger partial charge in [0.15, 0.2) is 0 Å². The first kappa shape index (κ1) is 21.5. The monoisotopic (exact) mass is 365 g/mol. The van der Waals surface area contributed by atoms with Crippen LogP contribution in [0.25, 0.3) is 0 Å². The van der Waals surface area contributed by atoms with E-state index in [1.807, 2.05) is 42.1 Å². The third-order valence-corrected chi connectivity index (χ3v) is 4.41. The molecule has 3 N–H and O–H groups in total. The Kier molecular flexibility index (Phi) is 11.8. The van der Waals surface area contributed by atoms with Crippen LogP contribution in [0.1, 0.15) is 5.56 Å². The number of hydrogen-bond acceptors (Lipinski definition) is 4. The Morgan fingerprint density at radius 1 is 1.23 bits per heavy atom. The number of amides is 1. The van der Waals surface area contributed by atoms with Gasteiger partial charge in [-0.25, -0.2) is 0 Å². The van der Waals surface area contributed by atoms with E-state index in [9.17, 15) is 4.79 Å². The van der Waals surface area contributed by atoms with Gasteiger partial charge in [0.1, 0.15) is 0 Å². The summed E-state index contributed by atoms with van der Waals surface area (Å²) in [5.41, 5.74) is 7.04. The molecule has 126 valence electrons. The summed E-state index contributed by atoms with van der Waals surface area (Å²) in [4.78, 5) is 14.3. The first-order chi connectivity index (χ1) is 9.75. The van der Waals surface area contributed by atoms with E-state index in [-0.39, 0.29) is 30.7 Å². The Balaban J connectivity index is 0.00000220. The maximum atomic E-state index is 11.9. The van der Waals surface area contributed by atoms with Crippen molar-refractivity contribution in [1.29, 1.82) is 0 Å². The lowest BCUT2D eigenvalue weighted by Gasteiger charge is -2.26. The number of hydrogen-bond donors (Lipinski definition) is 2. The third kappa shape index (κ3) is 7.70. The van der Waals surface area contributed by atoms with Crippen LogP contribution in [-0.2, 0) is 11.2 Å². The van der Waals surface area contributed by atoms with Gasteiger partial charge >= 0.3 is 0 Å². The lowest BCUT2D eigenvalue weighted by atomic mass is 10.1. The molecule has 0 spiro atoms. The number of carbonyl (C=O) groups is 1. The zero-order chi connectivity index (χ0) is 14.2. The molecule has 0 aliphatic carbocycles. The molecule has 0 radical (unpaired) electrons. The van der Waals surface area contributed by atoms with Gasteiger partial charge in [-0.1, -0.05) is 30.3 Å². The number of nitrogens with zero attached hydrogens (tertiary/aromatic N) is 1. The fraction of sp³-hybridized carbons (Fsp3) is 0.533. The van der Waals surface area contributed by atoms with Gasteiger partial charge in [0.25, 0.3) is 0 Å². The first-order valence-electron chi connectivity index (χ1n) is 7.13.